The zero-order valence-electron chi connectivity index (χ0n) is 26.6. The normalized spacial score (nSPS) is 31.8. The van der Waals surface area contributed by atoms with Crippen LogP contribution in [0.15, 0.2) is 34.0 Å². The Morgan fingerprint density at radius 3 is 2.53 bits per heavy atom. The number of halogens is 1. The lowest BCUT2D eigenvalue weighted by atomic mass is 9.69. The van der Waals surface area contributed by atoms with E-state index in [1.165, 1.54) is 0 Å². The molecule has 0 bridgehead atoms. The van der Waals surface area contributed by atoms with Crippen LogP contribution in [0.3, 0.4) is 0 Å². The number of cyclic esters (lactones) is 1. The quantitative estimate of drug-likeness (QED) is 0.271. The number of hydrogen-bond acceptors (Lipinski definition) is 9. The van der Waals surface area contributed by atoms with E-state index < -0.39 is 29.4 Å². The fraction of sp³-hybridized carbons (Fsp3) is 0.697. The van der Waals surface area contributed by atoms with Gasteiger partial charge >= 0.3 is 11.9 Å². The maximum absolute atomic E-state index is 13.0. The molecule has 240 valence electrons. The van der Waals surface area contributed by atoms with Gasteiger partial charge in [0.25, 0.3) is 0 Å². The van der Waals surface area contributed by atoms with Crippen LogP contribution in [0, 0.1) is 17.3 Å². The molecule has 1 spiro atoms. The molecule has 3 heterocycles. The summed E-state index contributed by atoms with van der Waals surface area (Å²) < 4.78 is 37.3. The topological polar surface area (TPSA) is 110 Å². The van der Waals surface area contributed by atoms with Gasteiger partial charge in [-0.1, -0.05) is 43.6 Å². The molecule has 1 aromatic rings. The molecule has 0 aliphatic carbocycles. The number of ether oxygens (including phenoxy) is 6. The molecular formula is C33H47BrO9. The Balaban J connectivity index is 1.51. The predicted octanol–water partition coefficient (Wildman–Crippen LogP) is 6.75. The van der Waals surface area contributed by atoms with E-state index in [4.69, 9.17) is 28.4 Å². The Kier molecular flexibility index (Phi) is 10.6. The van der Waals surface area contributed by atoms with Crippen LogP contribution in [0.25, 0.3) is 0 Å². The second-order valence-corrected chi connectivity index (χ2v) is 14.0. The molecule has 1 aromatic carbocycles. The molecule has 0 aromatic heterocycles. The first-order valence-electron chi connectivity index (χ1n) is 15.2. The average Bonchev–Trinajstić information content (AvgIpc) is 3.25. The molecule has 2 saturated heterocycles. The minimum absolute atomic E-state index is 0.0494. The number of esters is 2. The molecule has 8 atom stereocenters. The van der Waals surface area contributed by atoms with Gasteiger partial charge in [-0.2, -0.15) is 0 Å². The first-order chi connectivity index (χ1) is 20.2. The van der Waals surface area contributed by atoms with Crippen LogP contribution in [0.5, 0.6) is 5.75 Å². The van der Waals surface area contributed by atoms with Crippen LogP contribution in [0.2, 0.25) is 0 Å². The van der Waals surface area contributed by atoms with Crippen molar-refractivity contribution in [3.05, 3.63) is 39.6 Å². The van der Waals surface area contributed by atoms with E-state index in [1.54, 1.807) is 33.3 Å². The monoisotopic (exact) mass is 666 g/mol. The standard InChI is InChI=1S/C33H47BrO9/c1-18(9-12-25(38-7)23-13-22(35)10-11-24(23)34)31-20(3)28(39-8)17-33(43-31)32(5,6)16-19(2)26(42-33)14-30(37)41-27-15-29(36)40-21(27)4/h10-11,13,18,20-21,25,27-28,31,35H,9,12,14-17H2,1-8H3/t18-,20-,21+,25-,27+,28-,31+,33+/m0/s1. The second kappa shape index (κ2) is 13.5. The number of phenolic OH excluding ortho intramolecular Hbond substituents is 1. The van der Waals surface area contributed by atoms with E-state index in [9.17, 15) is 14.7 Å². The summed E-state index contributed by atoms with van der Waals surface area (Å²) in [6, 6.07) is 5.20. The molecule has 1 N–H and O–H groups in total. The first-order valence-corrected chi connectivity index (χ1v) is 16.0. The molecular weight excluding hydrogens is 620 g/mol. The van der Waals surface area contributed by atoms with Crippen molar-refractivity contribution < 1.29 is 43.1 Å². The minimum atomic E-state index is -1.01. The number of benzene rings is 1. The summed E-state index contributed by atoms with van der Waals surface area (Å²) in [5.74, 6) is -0.867. The molecule has 9 nitrogen and oxygen atoms in total. The molecule has 10 heteroatoms. The average molecular weight is 668 g/mol. The number of carbonyl (C=O) groups excluding carboxylic acids is 2. The van der Waals surface area contributed by atoms with E-state index in [1.807, 2.05) is 13.0 Å². The van der Waals surface area contributed by atoms with E-state index in [-0.39, 0.29) is 54.7 Å². The highest BCUT2D eigenvalue weighted by Crippen LogP contribution is 2.54. The van der Waals surface area contributed by atoms with Gasteiger partial charge in [0.2, 0.25) is 5.79 Å². The number of methoxy groups -OCH3 is 2. The van der Waals surface area contributed by atoms with Gasteiger partial charge in [0.15, 0.2) is 0 Å². The van der Waals surface area contributed by atoms with Crippen molar-refractivity contribution in [2.45, 2.75) is 116 Å². The Morgan fingerprint density at radius 1 is 1.19 bits per heavy atom. The van der Waals surface area contributed by atoms with E-state index in [0.717, 1.165) is 28.5 Å². The number of carbonyl (C=O) groups is 2. The Labute approximate surface area is 263 Å². The Bertz CT molecular complexity index is 1210. The number of allylic oxidation sites excluding steroid dienone is 1. The molecule has 3 aliphatic heterocycles. The Morgan fingerprint density at radius 2 is 1.91 bits per heavy atom. The summed E-state index contributed by atoms with van der Waals surface area (Å²) in [5.41, 5.74) is 1.47. The van der Waals surface area contributed by atoms with Crippen molar-refractivity contribution in [2.24, 2.45) is 17.3 Å². The van der Waals surface area contributed by atoms with Crippen LogP contribution in [0.4, 0.5) is 0 Å². The summed E-state index contributed by atoms with van der Waals surface area (Å²) in [6.07, 6.45) is 1.17. The van der Waals surface area contributed by atoms with Gasteiger partial charge in [-0.25, -0.2) is 0 Å². The predicted molar refractivity (Wildman–Crippen MR) is 163 cm³/mol. The second-order valence-electron chi connectivity index (χ2n) is 13.1. The van der Waals surface area contributed by atoms with Crippen molar-refractivity contribution in [2.75, 3.05) is 14.2 Å². The summed E-state index contributed by atoms with van der Waals surface area (Å²) >= 11 is 3.59. The lowest BCUT2D eigenvalue weighted by Gasteiger charge is -2.57. The highest BCUT2D eigenvalue weighted by Gasteiger charge is 2.59. The minimum Gasteiger partial charge on any atom is -0.508 e. The summed E-state index contributed by atoms with van der Waals surface area (Å²) in [7, 11) is 3.41. The largest absolute Gasteiger partial charge is 0.508 e. The van der Waals surface area contributed by atoms with E-state index >= 15 is 0 Å². The molecule has 4 rings (SSSR count). The van der Waals surface area contributed by atoms with Gasteiger partial charge in [0.1, 0.15) is 30.1 Å². The Hall–Kier alpha value is -2.14. The number of aromatic hydroxyl groups is 1. The summed E-state index contributed by atoms with van der Waals surface area (Å²) in [6.45, 7) is 12.3. The van der Waals surface area contributed by atoms with Gasteiger partial charge < -0.3 is 33.5 Å². The smallest absolute Gasteiger partial charge is 0.313 e. The molecule has 0 saturated carbocycles. The third-order valence-electron chi connectivity index (χ3n) is 9.56. The van der Waals surface area contributed by atoms with E-state index in [0.29, 0.717) is 18.6 Å². The van der Waals surface area contributed by atoms with Gasteiger partial charge in [-0.15, -0.1) is 0 Å². The highest BCUT2D eigenvalue weighted by atomic mass is 79.9. The third kappa shape index (κ3) is 7.24. The van der Waals surface area contributed by atoms with Gasteiger partial charge in [-0.05, 0) is 68.4 Å². The zero-order valence-corrected chi connectivity index (χ0v) is 28.2. The lowest BCUT2D eigenvalue weighted by molar-refractivity contribution is -0.353. The van der Waals surface area contributed by atoms with Crippen molar-refractivity contribution in [1.29, 1.82) is 0 Å². The molecule has 3 aliphatic rings. The van der Waals surface area contributed by atoms with Crippen LogP contribution >= 0.6 is 15.9 Å². The van der Waals surface area contributed by atoms with Gasteiger partial charge in [-0.3, -0.25) is 9.59 Å². The highest BCUT2D eigenvalue weighted by molar-refractivity contribution is 9.10. The fourth-order valence-electron chi connectivity index (χ4n) is 6.88. The molecule has 0 radical (unpaired) electrons. The first kappa shape index (κ1) is 33.7. The van der Waals surface area contributed by atoms with Gasteiger partial charge in [0.05, 0.1) is 24.7 Å². The van der Waals surface area contributed by atoms with Crippen molar-refractivity contribution in [3.8, 4) is 5.75 Å². The van der Waals surface area contributed by atoms with Crippen molar-refractivity contribution in [3.63, 3.8) is 0 Å². The van der Waals surface area contributed by atoms with Gasteiger partial charge in [0, 0.05) is 36.4 Å². The lowest BCUT2D eigenvalue weighted by Crippen LogP contribution is -2.62. The summed E-state index contributed by atoms with van der Waals surface area (Å²) in [4.78, 5) is 24.6. The van der Waals surface area contributed by atoms with Crippen molar-refractivity contribution >= 4 is 27.9 Å². The van der Waals surface area contributed by atoms with Crippen LogP contribution in [0.1, 0.15) is 91.7 Å². The zero-order chi connectivity index (χ0) is 31.7. The molecule has 0 amide bonds. The van der Waals surface area contributed by atoms with Crippen LogP contribution in [-0.4, -0.2) is 61.5 Å². The fourth-order valence-corrected chi connectivity index (χ4v) is 7.38. The van der Waals surface area contributed by atoms with Crippen molar-refractivity contribution in [1.82, 2.24) is 0 Å². The summed E-state index contributed by atoms with van der Waals surface area (Å²) in [5, 5.41) is 10.1. The SMILES string of the molecule is CO[C@@H](CC[C@H](C)[C@H]1O[C@@]2(C[C@H](OC)[C@@H]1C)OC(CC(=O)O[C@@H]1CC(=O)O[C@@H]1C)=C(C)CC2(C)C)c1cc(O)ccc1Br. The van der Waals surface area contributed by atoms with Crippen LogP contribution in [-0.2, 0) is 38.0 Å². The number of hydrogen-bond donors (Lipinski definition) is 1. The van der Waals surface area contributed by atoms with E-state index in [2.05, 4.69) is 43.6 Å². The maximum Gasteiger partial charge on any atom is 0.313 e. The van der Waals surface area contributed by atoms with Crippen LogP contribution < -0.4 is 0 Å². The third-order valence-corrected chi connectivity index (χ3v) is 10.3. The molecule has 2 fully saturated rings. The number of rotatable bonds is 10. The number of phenols is 1. The molecule has 43 heavy (non-hydrogen) atoms. The maximum atomic E-state index is 13.0. The molecule has 0 unspecified atom stereocenters.